The minimum Gasteiger partial charge on any atom is -0.481 e. The van der Waals surface area contributed by atoms with Crippen molar-refractivity contribution in [2.75, 3.05) is 0 Å². The third-order valence-corrected chi connectivity index (χ3v) is 3.63. The lowest BCUT2D eigenvalue weighted by Gasteiger charge is -2.02. The smallest absolute Gasteiger partial charge is 0.303 e. The molecule has 3 heteroatoms. The third-order valence-electron chi connectivity index (χ3n) is 3.63. The highest BCUT2D eigenvalue weighted by molar-refractivity contribution is 5.84. The summed E-state index contributed by atoms with van der Waals surface area (Å²) in [6.45, 7) is 1.08. The lowest BCUT2D eigenvalue weighted by atomic mass is 10.1. The van der Waals surface area contributed by atoms with Crippen molar-refractivity contribution in [3.05, 3.63) is 36.0 Å². The topological polar surface area (TPSA) is 42.2 Å². The summed E-state index contributed by atoms with van der Waals surface area (Å²) in [7, 11) is 0. The standard InChI is InChI=1S/C15H17NO2/c17-15(18)8-7-12-10-16(9-11-5-6-11)14-4-2-1-3-13(12)14/h1-4,10-11H,5-9H2,(H,17,18). The molecule has 0 spiro atoms. The molecule has 0 radical (unpaired) electrons. The number of hydrogen-bond acceptors (Lipinski definition) is 1. The predicted molar refractivity (Wildman–Crippen MR) is 70.6 cm³/mol. The van der Waals surface area contributed by atoms with Gasteiger partial charge in [-0.05, 0) is 36.8 Å². The maximum absolute atomic E-state index is 10.7. The number of hydrogen-bond donors (Lipinski definition) is 1. The van der Waals surface area contributed by atoms with E-state index in [0.29, 0.717) is 6.42 Å². The summed E-state index contributed by atoms with van der Waals surface area (Å²) in [6.07, 6.45) is 5.63. The largest absolute Gasteiger partial charge is 0.481 e. The van der Waals surface area contributed by atoms with Crippen LogP contribution in [0.3, 0.4) is 0 Å². The Bertz CT molecular complexity index is 581. The van der Waals surface area contributed by atoms with Crippen LogP contribution in [-0.2, 0) is 17.8 Å². The minimum atomic E-state index is -0.728. The van der Waals surface area contributed by atoms with Crippen LogP contribution in [-0.4, -0.2) is 15.6 Å². The summed E-state index contributed by atoms with van der Waals surface area (Å²) in [6, 6.07) is 8.29. The van der Waals surface area contributed by atoms with E-state index in [2.05, 4.69) is 22.9 Å². The first kappa shape index (κ1) is 11.3. The van der Waals surface area contributed by atoms with Crippen molar-refractivity contribution in [3.8, 4) is 0 Å². The minimum absolute atomic E-state index is 0.206. The van der Waals surface area contributed by atoms with Crippen LogP contribution in [0.15, 0.2) is 30.5 Å². The zero-order chi connectivity index (χ0) is 12.5. The molecule has 1 heterocycles. The first-order valence-corrected chi connectivity index (χ1v) is 6.52. The van der Waals surface area contributed by atoms with E-state index in [1.54, 1.807) is 0 Å². The highest BCUT2D eigenvalue weighted by Gasteiger charge is 2.22. The Labute approximate surface area is 106 Å². The fourth-order valence-electron chi connectivity index (χ4n) is 2.49. The molecular formula is C15H17NO2. The molecule has 0 atom stereocenters. The van der Waals surface area contributed by atoms with Gasteiger partial charge in [0.05, 0.1) is 0 Å². The fourth-order valence-corrected chi connectivity index (χ4v) is 2.49. The summed E-state index contributed by atoms with van der Waals surface area (Å²) >= 11 is 0. The Morgan fingerprint density at radius 3 is 2.83 bits per heavy atom. The van der Waals surface area contributed by atoms with Crippen molar-refractivity contribution in [2.24, 2.45) is 5.92 Å². The summed E-state index contributed by atoms with van der Waals surface area (Å²) in [5.41, 5.74) is 2.40. The average molecular weight is 243 g/mol. The van der Waals surface area contributed by atoms with Crippen LogP contribution in [0.4, 0.5) is 0 Å². The molecule has 1 saturated carbocycles. The predicted octanol–water partition coefficient (Wildman–Crippen LogP) is 3.07. The van der Waals surface area contributed by atoms with Gasteiger partial charge in [-0.3, -0.25) is 4.79 Å². The highest BCUT2D eigenvalue weighted by atomic mass is 16.4. The number of carboxylic acid groups (broad SMARTS) is 1. The Balaban J connectivity index is 1.94. The number of rotatable bonds is 5. The zero-order valence-electron chi connectivity index (χ0n) is 10.3. The molecule has 1 aliphatic carbocycles. The number of para-hydroxylation sites is 1. The normalized spacial score (nSPS) is 15.1. The van der Waals surface area contributed by atoms with Gasteiger partial charge < -0.3 is 9.67 Å². The van der Waals surface area contributed by atoms with Gasteiger partial charge in [-0.2, -0.15) is 0 Å². The van der Waals surface area contributed by atoms with E-state index in [9.17, 15) is 4.79 Å². The van der Waals surface area contributed by atoms with Gasteiger partial charge in [0, 0.05) is 30.1 Å². The van der Waals surface area contributed by atoms with E-state index in [1.807, 2.05) is 12.1 Å². The molecule has 0 amide bonds. The second-order valence-corrected chi connectivity index (χ2v) is 5.16. The molecule has 1 aromatic heterocycles. The van der Waals surface area contributed by atoms with Crippen molar-refractivity contribution in [2.45, 2.75) is 32.2 Å². The van der Waals surface area contributed by atoms with E-state index in [0.717, 1.165) is 18.0 Å². The van der Waals surface area contributed by atoms with Crippen molar-refractivity contribution in [1.82, 2.24) is 4.57 Å². The molecule has 1 aliphatic rings. The molecule has 2 aromatic rings. The van der Waals surface area contributed by atoms with Gasteiger partial charge in [0.2, 0.25) is 0 Å². The van der Waals surface area contributed by atoms with Crippen molar-refractivity contribution < 1.29 is 9.90 Å². The van der Waals surface area contributed by atoms with Crippen LogP contribution in [0.25, 0.3) is 10.9 Å². The second-order valence-electron chi connectivity index (χ2n) is 5.16. The second kappa shape index (κ2) is 4.48. The van der Waals surface area contributed by atoms with Gasteiger partial charge in [-0.25, -0.2) is 0 Å². The molecule has 1 fully saturated rings. The van der Waals surface area contributed by atoms with Crippen LogP contribution in [0.5, 0.6) is 0 Å². The number of aryl methyl sites for hydroxylation is 1. The Hall–Kier alpha value is -1.77. The van der Waals surface area contributed by atoms with Gasteiger partial charge >= 0.3 is 5.97 Å². The Morgan fingerprint density at radius 2 is 2.11 bits per heavy atom. The first-order chi connectivity index (χ1) is 8.74. The van der Waals surface area contributed by atoms with Gasteiger partial charge in [-0.15, -0.1) is 0 Å². The molecule has 3 rings (SSSR count). The Morgan fingerprint density at radius 1 is 1.33 bits per heavy atom. The zero-order valence-corrected chi connectivity index (χ0v) is 10.3. The lowest BCUT2D eigenvalue weighted by Crippen LogP contribution is -1.98. The molecule has 0 unspecified atom stereocenters. The maximum atomic E-state index is 10.7. The van der Waals surface area contributed by atoms with Crippen molar-refractivity contribution in [3.63, 3.8) is 0 Å². The lowest BCUT2D eigenvalue weighted by molar-refractivity contribution is -0.136. The maximum Gasteiger partial charge on any atom is 0.303 e. The molecular weight excluding hydrogens is 226 g/mol. The van der Waals surface area contributed by atoms with Gasteiger partial charge in [0.25, 0.3) is 0 Å². The number of benzene rings is 1. The number of carbonyl (C=O) groups is 1. The van der Waals surface area contributed by atoms with E-state index >= 15 is 0 Å². The molecule has 0 saturated heterocycles. The summed E-state index contributed by atoms with van der Waals surface area (Å²) in [5, 5.41) is 10.0. The summed E-state index contributed by atoms with van der Waals surface area (Å²) in [4.78, 5) is 10.7. The molecule has 18 heavy (non-hydrogen) atoms. The van der Waals surface area contributed by atoms with Gasteiger partial charge in [0.1, 0.15) is 0 Å². The molecule has 1 aromatic carbocycles. The van der Waals surface area contributed by atoms with E-state index in [4.69, 9.17) is 5.11 Å². The quantitative estimate of drug-likeness (QED) is 0.877. The fraction of sp³-hybridized carbons (Fsp3) is 0.400. The van der Waals surface area contributed by atoms with E-state index < -0.39 is 5.97 Å². The van der Waals surface area contributed by atoms with Crippen molar-refractivity contribution in [1.29, 1.82) is 0 Å². The van der Waals surface area contributed by atoms with E-state index in [-0.39, 0.29) is 6.42 Å². The number of nitrogens with zero attached hydrogens (tertiary/aromatic N) is 1. The van der Waals surface area contributed by atoms with Crippen LogP contribution in [0.2, 0.25) is 0 Å². The first-order valence-electron chi connectivity index (χ1n) is 6.52. The molecule has 0 bridgehead atoms. The Kier molecular flexibility index (Phi) is 2.82. The average Bonchev–Trinajstić information content (AvgIpc) is 3.10. The van der Waals surface area contributed by atoms with Crippen LogP contribution in [0, 0.1) is 5.92 Å². The molecule has 0 aliphatic heterocycles. The third kappa shape index (κ3) is 2.26. The SMILES string of the molecule is O=C(O)CCc1cn(CC2CC2)c2ccccc12. The summed E-state index contributed by atoms with van der Waals surface area (Å²) < 4.78 is 2.30. The van der Waals surface area contributed by atoms with Gasteiger partial charge in [0.15, 0.2) is 0 Å². The number of aromatic nitrogens is 1. The van der Waals surface area contributed by atoms with Crippen molar-refractivity contribution >= 4 is 16.9 Å². The van der Waals surface area contributed by atoms with Crippen LogP contribution < -0.4 is 0 Å². The number of fused-ring (bicyclic) bond motifs is 1. The monoisotopic (exact) mass is 243 g/mol. The van der Waals surface area contributed by atoms with Crippen LogP contribution >= 0.6 is 0 Å². The number of aliphatic carboxylic acids is 1. The summed E-state index contributed by atoms with van der Waals surface area (Å²) in [5.74, 6) is 0.0992. The molecule has 94 valence electrons. The highest BCUT2D eigenvalue weighted by Crippen LogP contribution is 2.33. The van der Waals surface area contributed by atoms with Crippen LogP contribution in [0.1, 0.15) is 24.8 Å². The van der Waals surface area contributed by atoms with Gasteiger partial charge in [-0.1, -0.05) is 18.2 Å². The van der Waals surface area contributed by atoms with E-state index in [1.165, 1.54) is 23.7 Å². The molecule has 3 nitrogen and oxygen atoms in total. The number of carboxylic acids is 1. The molecule has 1 N–H and O–H groups in total.